The molecule has 1 fully saturated rings. The first kappa shape index (κ1) is 14.8. The Hall–Kier alpha value is -0.610. The highest BCUT2D eigenvalue weighted by molar-refractivity contribution is 6.30. The van der Waals surface area contributed by atoms with Gasteiger partial charge in [-0.2, -0.15) is 0 Å². The maximum Gasteiger partial charge on any atom is 0.0897 e. The zero-order chi connectivity index (χ0) is 13.7. The summed E-state index contributed by atoms with van der Waals surface area (Å²) in [4.78, 5) is 0. The predicted octanol–water partition coefficient (Wildman–Crippen LogP) is 2.61. The molecule has 0 heterocycles. The van der Waals surface area contributed by atoms with E-state index in [1.165, 1.54) is 12.8 Å². The maximum atomic E-state index is 9.80. The molecule has 1 aromatic carbocycles. The lowest BCUT2D eigenvalue weighted by Gasteiger charge is -2.12. The van der Waals surface area contributed by atoms with Crippen LogP contribution in [0.2, 0.25) is 5.02 Å². The van der Waals surface area contributed by atoms with E-state index in [-0.39, 0.29) is 0 Å². The Morgan fingerprint density at radius 1 is 1.42 bits per heavy atom. The molecular weight excluding hydrogens is 262 g/mol. The van der Waals surface area contributed by atoms with E-state index < -0.39 is 6.10 Å². The van der Waals surface area contributed by atoms with Gasteiger partial charge in [0.2, 0.25) is 0 Å². The molecule has 2 rings (SSSR count). The lowest BCUT2D eigenvalue weighted by atomic mass is 10.2. The Balaban J connectivity index is 1.56. The smallest absolute Gasteiger partial charge is 0.0897 e. The Labute approximate surface area is 119 Å². The highest BCUT2D eigenvalue weighted by Crippen LogP contribution is 2.32. The van der Waals surface area contributed by atoms with Crippen LogP contribution in [0.5, 0.6) is 0 Å². The molecule has 0 aromatic heterocycles. The molecule has 1 saturated carbocycles. The van der Waals surface area contributed by atoms with Gasteiger partial charge in [-0.3, -0.25) is 0 Å². The van der Waals surface area contributed by atoms with Crippen molar-refractivity contribution in [3.8, 4) is 0 Å². The molecule has 1 aromatic rings. The summed E-state index contributed by atoms with van der Waals surface area (Å²) in [6.45, 7) is 3.69. The van der Waals surface area contributed by atoms with Crippen LogP contribution in [0.3, 0.4) is 0 Å². The Morgan fingerprint density at radius 3 is 2.79 bits per heavy atom. The molecule has 0 bridgehead atoms. The summed E-state index contributed by atoms with van der Waals surface area (Å²) in [6.07, 6.45) is 2.03. The minimum Gasteiger partial charge on any atom is -0.389 e. The quantitative estimate of drug-likeness (QED) is 0.771. The maximum absolute atomic E-state index is 9.80. The van der Waals surface area contributed by atoms with E-state index in [1.807, 2.05) is 24.3 Å². The van der Waals surface area contributed by atoms with Crippen LogP contribution < -0.4 is 5.32 Å². The third kappa shape index (κ3) is 5.11. The number of aliphatic hydroxyl groups excluding tert-OH is 1. The highest BCUT2D eigenvalue weighted by atomic mass is 35.5. The lowest BCUT2D eigenvalue weighted by Crippen LogP contribution is -2.32. The van der Waals surface area contributed by atoms with Crippen LogP contribution in [0, 0.1) is 5.92 Å². The average molecular weight is 284 g/mol. The van der Waals surface area contributed by atoms with E-state index in [0.717, 1.165) is 16.5 Å². The number of hydrogen-bond donors (Lipinski definition) is 2. The number of benzene rings is 1. The van der Waals surface area contributed by atoms with Crippen molar-refractivity contribution in [2.24, 2.45) is 5.92 Å². The van der Waals surface area contributed by atoms with E-state index in [9.17, 15) is 5.11 Å². The third-order valence-electron chi connectivity index (χ3n) is 3.55. The van der Waals surface area contributed by atoms with Crippen LogP contribution in [0.4, 0.5) is 0 Å². The zero-order valence-electron chi connectivity index (χ0n) is 11.3. The number of halogens is 1. The van der Waals surface area contributed by atoms with Crippen molar-refractivity contribution >= 4 is 11.6 Å². The summed E-state index contributed by atoms with van der Waals surface area (Å²) in [5, 5.41) is 13.9. The fraction of sp³-hybridized carbons (Fsp3) is 0.600. The summed E-state index contributed by atoms with van der Waals surface area (Å²) in [7, 11) is 0. The standard InChI is InChI=1S/C15H22ClNO2/c1-2-12-7-15(12)17-8-14(18)10-19-9-11-3-5-13(16)6-4-11/h3-6,12,14-15,17-18H,2,7-10H2,1H3. The van der Waals surface area contributed by atoms with Crippen LogP contribution in [-0.4, -0.2) is 30.4 Å². The van der Waals surface area contributed by atoms with Crippen molar-refractivity contribution in [1.29, 1.82) is 0 Å². The van der Waals surface area contributed by atoms with Gasteiger partial charge in [-0.25, -0.2) is 0 Å². The molecule has 0 spiro atoms. The Kier molecular flexibility index (Phi) is 5.64. The topological polar surface area (TPSA) is 41.5 Å². The second-order valence-corrected chi connectivity index (χ2v) is 5.65. The SMILES string of the molecule is CCC1CC1NCC(O)COCc1ccc(Cl)cc1. The van der Waals surface area contributed by atoms with Gasteiger partial charge in [-0.1, -0.05) is 37.1 Å². The van der Waals surface area contributed by atoms with E-state index in [0.29, 0.717) is 25.8 Å². The van der Waals surface area contributed by atoms with Crippen molar-refractivity contribution in [3.05, 3.63) is 34.9 Å². The van der Waals surface area contributed by atoms with Gasteiger partial charge in [-0.15, -0.1) is 0 Å². The van der Waals surface area contributed by atoms with Crippen LogP contribution in [0.25, 0.3) is 0 Å². The van der Waals surface area contributed by atoms with E-state index in [1.54, 1.807) is 0 Å². The second kappa shape index (κ2) is 7.25. The first-order valence-electron chi connectivity index (χ1n) is 6.92. The fourth-order valence-corrected chi connectivity index (χ4v) is 2.31. The molecule has 0 saturated heterocycles. The van der Waals surface area contributed by atoms with Gasteiger partial charge in [0, 0.05) is 17.6 Å². The molecular formula is C15H22ClNO2. The van der Waals surface area contributed by atoms with Gasteiger partial charge in [-0.05, 0) is 30.0 Å². The molecule has 3 unspecified atom stereocenters. The summed E-state index contributed by atoms with van der Waals surface area (Å²) in [5.74, 6) is 0.808. The predicted molar refractivity (Wildman–Crippen MR) is 77.3 cm³/mol. The average Bonchev–Trinajstić information content (AvgIpc) is 3.17. The monoisotopic (exact) mass is 283 g/mol. The third-order valence-corrected chi connectivity index (χ3v) is 3.81. The molecule has 1 aliphatic rings. The number of rotatable bonds is 8. The van der Waals surface area contributed by atoms with Crippen LogP contribution in [0.1, 0.15) is 25.3 Å². The van der Waals surface area contributed by atoms with Crippen molar-refractivity contribution in [2.75, 3.05) is 13.2 Å². The molecule has 106 valence electrons. The number of ether oxygens (including phenoxy) is 1. The van der Waals surface area contributed by atoms with Crippen LogP contribution in [-0.2, 0) is 11.3 Å². The summed E-state index contributed by atoms with van der Waals surface area (Å²) in [6, 6.07) is 8.16. The number of nitrogens with one attached hydrogen (secondary N) is 1. The van der Waals surface area contributed by atoms with Crippen LogP contribution >= 0.6 is 11.6 Å². The summed E-state index contributed by atoms with van der Waals surface area (Å²) < 4.78 is 5.49. The van der Waals surface area contributed by atoms with Gasteiger partial charge in [0.1, 0.15) is 0 Å². The Bertz CT molecular complexity index is 382. The van der Waals surface area contributed by atoms with Gasteiger partial charge in [0.25, 0.3) is 0 Å². The minimum absolute atomic E-state index is 0.360. The molecule has 0 amide bonds. The molecule has 19 heavy (non-hydrogen) atoms. The van der Waals surface area contributed by atoms with Crippen molar-refractivity contribution in [1.82, 2.24) is 5.32 Å². The van der Waals surface area contributed by atoms with Crippen molar-refractivity contribution < 1.29 is 9.84 Å². The van der Waals surface area contributed by atoms with Crippen molar-refractivity contribution in [2.45, 2.75) is 38.5 Å². The van der Waals surface area contributed by atoms with Gasteiger partial charge < -0.3 is 15.2 Å². The molecule has 3 nitrogen and oxygen atoms in total. The highest BCUT2D eigenvalue weighted by Gasteiger charge is 2.34. The first-order chi connectivity index (χ1) is 9.19. The minimum atomic E-state index is -0.439. The largest absolute Gasteiger partial charge is 0.389 e. The van der Waals surface area contributed by atoms with Gasteiger partial charge >= 0.3 is 0 Å². The zero-order valence-corrected chi connectivity index (χ0v) is 12.1. The van der Waals surface area contributed by atoms with E-state index in [2.05, 4.69) is 12.2 Å². The van der Waals surface area contributed by atoms with E-state index in [4.69, 9.17) is 16.3 Å². The summed E-state index contributed by atoms with van der Waals surface area (Å²) in [5.41, 5.74) is 1.07. The normalized spacial score (nSPS) is 23.3. The molecule has 4 heteroatoms. The number of aliphatic hydroxyl groups is 1. The number of hydrogen-bond acceptors (Lipinski definition) is 3. The van der Waals surface area contributed by atoms with E-state index >= 15 is 0 Å². The first-order valence-corrected chi connectivity index (χ1v) is 7.30. The van der Waals surface area contributed by atoms with Gasteiger partial charge in [0.05, 0.1) is 19.3 Å². The second-order valence-electron chi connectivity index (χ2n) is 5.21. The molecule has 0 radical (unpaired) electrons. The lowest BCUT2D eigenvalue weighted by molar-refractivity contribution is 0.0286. The van der Waals surface area contributed by atoms with Crippen molar-refractivity contribution in [3.63, 3.8) is 0 Å². The Morgan fingerprint density at radius 2 is 2.16 bits per heavy atom. The fourth-order valence-electron chi connectivity index (χ4n) is 2.19. The molecule has 1 aliphatic carbocycles. The molecule has 0 aliphatic heterocycles. The molecule has 3 atom stereocenters. The van der Waals surface area contributed by atoms with Crippen LogP contribution in [0.15, 0.2) is 24.3 Å². The van der Waals surface area contributed by atoms with Gasteiger partial charge in [0.15, 0.2) is 0 Å². The summed E-state index contributed by atoms with van der Waals surface area (Å²) >= 11 is 5.81. The molecule has 2 N–H and O–H groups in total.